The number of nitrogens with zero attached hydrogens (tertiary/aromatic N) is 3. The Kier molecular flexibility index (Phi) is 5.11. The lowest BCUT2D eigenvalue weighted by molar-refractivity contribution is -0.122. The summed E-state index contributed by atoms with van der Waals surface area (Å²) in [6.45, 7) is 5.22. The number of carbonyl (C=O) groups is 2. The molecule has 2 atom stereocenters. The predicted octanol–water partition coefficient (Wildman–Crippen LogP) is 2.07. The van der Waals surface area contributed by atoms with E-state index < -0.39 is 0 Å². The third-order valence-electron chi connectivity index (χ3n) is 4.46. The molecule has 1 aromatic heterocycles. The fourth-order valence-electron chi connectivity index (χ4n) is 2.79. The molecule has 1 aromatic carbocycles. The van der Waals surface area contributed by atoms with Gasteiger partial charge in [0.15, 0.2) is 5.82 Å². The summed E-state index contributed by atoms with van der Waals surface area (Å²) in [6, 6.07) is 7.51. The van der Waals surface area contributed by atoms with E-state index in [4.69, 9.17) is 0 Å². The number of amides is 2. The summed E-state index contributed by atoms with van der Waals surface area (Å²) in [5.41, 5.74) is 1.60. The highest BCUT2D eigenvalue weighted by atomic mass is 16.2. The van der Waals surface area contributed by atoms with Crippen molar-refractivity contribution >= 4 is 17.5 Å². The molecule has 0 aliphatic heterocycles. The standard InChI is InChI=1S/C18H23N5O2/c1-3-23-11-20-22-17(23)13-5-4-6-14(10-13)21-16(24)7-8-19-18(25)15-9-12(15)2/h4-6,10-12,15H,3,7-9H2,1-2H3,(H,19,25)(H,21,24). The van der Waals surface area contributed by atoms with Crippen LogP contribution in [-0.2, 0) is 16.1 Å². The molecule has 2 unspecified atom stereocenters. The Bertz CT molecular complexity index is 770. The van der Waals surface area contributed by atoms with Gasteiger partial charge in [-0.25, -0.2) is 0 Å². The van der Waals surface area contributed by atoms with Crippen LogP contribution in [-0.4, -0.2) is 33.1 Å². The number of nitrogens with one attached hydrogen (secondary N) is 2. The molecule has 3 rings (SSSR count). The van der Waals surface area contributed by atoms with Crippen molar-refractivity contribution in [2.45, 2.75) is 33.2 Å². The van der Waals surface area contributed by atoms with E-state index >= 15 is 0 Å². The molecular weight excluding hydrogens is 318 g/mol. The Hall–Kier alpha value is -2.70. The number of aryl methyl sites for hydroxylation is 1. The summed E-state index contributed by atoms with van der Waals surface area (Å²) in [7, 11) is 0. The van der Waals surface area contributed by atoms with Crippen molar-refractivity contribution in [3.8, 4) is 11.4 Å². The molecule has 1 fully saturated rings. The molecule has 2 aromatic rings. The van der Waals surface area contributed by atoms with Crippen LogP contribution in [0.15, 0.2) is 30.6 Å². The molecule has 0 radical (unpaired) electrons. The Labute approximate surface area is 146 Å². The lowest BCUT2D eigenvalue weighted by atomic mass is 10.2. The maximum Gasteiger partial charge on any atom is 0.226 e. The second-order valence-corrected chi connectivity index (χ2v) is 6.43. The highest BCUT2D eigenvalue weighted by molar-refractivity contribution is 5.92. The van der Waals surface area contributed by atoms with Gasteiger partial charge in [0.2, 0.25) is 11.8 Å². The van der Waals surface area contributed by atoms with Gasteiger partial charge in [-0.1, -0.05) is 19.1 Å². The average molecular weight is 341 g/mol. The molecule has 7 nitrogen and oxygen atoms in total. The van der Waals surface area contributed by atoms with Crippen LogP contribution in [0.5, 0.6) is 0 Å². The normalized spacial score (nSPS) is 18.6. The van der Waals surface area contributed by atoms with Gasteiger partial charge >= 0.3 is 0 Å². The second kappa shape index (κ2) is 7.46. The maximum atomic E-state index is 12.1. The number of rotatable bonds is 7. The first-order chi connectivity index (χ1) is 12.1. The largest absolute Gasteiger partial charge is 0.355 e. The zero-order chi connectivity index (χ0) is 17.8. The minimum absolute atomic E-state index is 0.0567. The van der Waals surface area contributed by atoms with Crippen molar-refractivity contribution < 1.29 is 9.59 Å². The van der Waals surface area contributed by atoms with Crippen molar-refractivity contribution in [3.05, 3.63) is 30.6 Å². The first kappa shape index (κ1) is 17.1. The van der Waals surface area contributed by atoms with Gasteiger partial charge in [-0.15, -0.1) is 10.2 Å². The van der Waals surface area contributed by atoms with Gasteiger partial charge < -0.3 is 15.2 Å². The van der Waals surface area contributed by atoms with Crippen LogP contribution in [0.2, 0.25) is 0 Å². The highest BCUT2D eigenvalue weighted by Crippen LogP contribution is 2.37. The van der Waals surface area contributed by atoms with Gasteiger partial charge in [0.05, 0.1) is 0 Å². The van der Waals surface area contributed by atoms with E-state index in [1.165, 1.54) is 0 Å². The Morgan fingerprint density at radius 1 is 1.36 bits per heavy atom. The fraction of sp³-hybridized carbons (Fsp3) is 0.444. The zero-order valence-electron chi connectivity index (χ0n) is 14.5. The van der Waals surface area contributed by atoms with E-state index in [0.717, 1.165) is 24.4 Å². The molecule has 1 aliphatic rings. The molecule has 132 valence electrons. The summed E-state index contributed by atoms with van der Waals surface area (Å²) >= 11 is 0. The van der Waals surface area contributed by atoms with Crippen LogP contribution >= 0.6 is 0 Å². The number of hydrogen-bond acceptors (Lipinski definition) is 4. The lowest BCUT2D eigenvalue weighted by Crippen LogP contribution is -2.29. The van der Waals surface area contributed by atoms with E-state index in [-0.39, 0.29) is 24.2 Å². The molecule has 7 heteroatoms. The SMILES string of the molecule is CCn1cnnc1-c1cccc(NC(=O)CCNC(=O)C2CC2C)c1. The van der Waals surface area contributed by atoms with Crippen molar-refractivity contribution in [2.75, 3.05) is 11.9 Å². The second-order valence-electron chi connectivity index (χ2n) is 6.43. The number of carbonyl (C=O) groups excluding carboxylic acids is 2. The van der Waals surface area contributed by atoms with Crippen molar-refractivity contribution in [3.63, 3.8) is 0 Å². The molecule has 0 saturated heterocycles. The smallest absolute Gasteiger partial charge is 0.226 e. The molecule has 1 saturated carbocycles. The first-order valence-corrected chi connectivity index (χ1v) is 8.64. The summed E-state index contributed by atoms with van der Waals surface area (Å²) < 4.78 is 1.94. The van der Waals surface area contributed by atoms with Gasteiger partial charge in [-0.3, -0.25) is 9.59 Å². The van der Waals surface area contributed by atoms with Gasteiger partial charge in [0.1, 0.15) is 6.33 Å². The van der Waals surface area contributed by atoms with Gasteiger partial charge in [0.25, 0.3) is 0 Å². The van der Waals surface area contributed by atoms with Crippen molar-refractivity contribution in [1.29, 1.82) is 0 Å². The van der Waals surface area contributed by atoms with Crippen LogP contribution in [0.1, 0.15) is 26.7 Å². The Morgan fingerprint density at radius 3 is 2.88 bits per heavy atom. The fourth-order valence-corrected chi connectivity index (χ4v) is 2.79. The summed E-state index contributed by atoms with van der Waals surface area (Å²) in [5.74, 6) is 1.31. The topological polar surface area (TPSA) is 88.9 Å². The van der Waals surface area contributed by atoms with Crippen LogP contribution in [0, 0.1) is 11.8 Å². The number of benzene rings is 1. The van der Waals surface area contributed by atoms with Crippen LogP contribution in [0.25, 0.3) is 11.4 Å². The molecule has 0 spiro atoms. The first-order valence-electron chi connectivity index (χ1n) is 8.64. The van der Waals surface area contributed by atoms with E-state index in [1.54, 1.807) is 6.33 Å². The summed E-state index contributed by atoms with van der Waals surface area (Å²) in [6.07, 6.45) is 2.89. The monoisotopic (exact) mass is 341 g/mol. The Morgan fingerprint density at radius 2 is 2.16 bits per heavy atom. The van der Waals surface area contributed by atoms with Gasteiger partial charge in [0, 0.05) is 36.7 Å². The van der Waals surface area contributed by atoms with Crippen molar-refractivity contribution in [1.82, 2.24) is 20.1 Å². The van der Waals surface area contributed by atoms with Crippen molar-refractivity contribution in [2.24, 2.45) is 11.8 Å². The number of hydrogen-bond donors (Lipinski definition) is 2. The number of aromatic nitrogens is 3. The van der Waals surface area contributed by atoms with E-state index in [0.29, 0.717) is 18.2 Å². The minimum atomic E-state index is -0.127. The summed E-state index contributed by atoms with van der Waals surface area (Å²) in [4.78, 5) is 23.8. The van der Waals surface area contributed by atoms with E-state index in [9.17, 15) is 9.59 Å². The zero-order valence-corrected chi connectivity index (χ0v) is 14.5. The molecule has 0 bridgehead atoms. The van der Waals surface area contributed by atoms with Crippen LogP contribution < -0.4 is 10.6 Å². The lowest BCUT2D eigenvalue weighted by Gasteiger charge is -2.09. The van der Waals surface area contributed by atoms with Gasteiger partial charge in [-0.2, -0.15) is 0 Å². The average Bonchev–Trinajstić information content (AvgIpc) is 3.15. The predicted molar refractivity (Wildman–Crippen MR) is 94.7 cm³/mol. The minimum Gasteiger partial charge on any atom is -0.355 e. The molecule has 1 aliphatic carbocycles. The molecule has 1 heterocycles. The quantitative estimate of drug-likeness (QED) is 0.807. The van der Waals surface area contributed by atoms with Crippen LogP contribution in [0.4, 0.5) is 5.69 Å². The van der Waals surface area contributed by atoms with Crippen LogP contribution in [0.3, 0.4) is 0 Å². The molecular formula is C18H23N5O2. The van der Waals surface area contributed by atoms with E-state index in [2.05, 4.69) is 27.8 Å². The molecule has 2 N–H and O–H groups in total. The summed E-state index contributed by atoms with van der Waals surface area (Å²) in [5, 5.41) is 13.7. The number of anilines is 1. The third-order valence-corrected chi connectivity index (χ3v) is 4.46. The van der Waals surface area contributed by atoms with Gasteiger partial charge in [-0.05, 0) is 31.4 Å². The van der Waals surface area contributed by atoms with E-state index in [1.807, 2.05) is 35.8 Å². The molecule has 25 heavy (non-hydrogen) atoms. The third kappa shape index (κ3) is 4.23. The highest BCUT2D eigenvalue weighted by Gasteiger charge is 2.38. The Balaban J connectivity index is 1.53. The molecule has 2 amide bonds. The maximum absolute atomic E-state index is 12.1.